The highest BCUT2D eigenvalue weighted by atomic mass is 16.5. The Morgan fingerprint density at radius 3 is 2.56 bits per heavy atom. The van der Waals surface area contributed by atoms with Gasteiger partial charge >= 0.3 is 11.9 Å². The molecule has 25 heavy (non-hydrogen) atoms. The first kappa shape index (κ1) is 18.4. The lowest BCUT2D eigenvalue weighted by Gasteiger charge is -2.58. The maximum atomic E-state index is 12.3. The van der Waals surface area contributed by atoms with Gasteiger partial charge in [-0.3, -0.25) is 9.59 Å². The minimum Gasteiger partial charge on any atom is -0.481 e. The van der Waals surface area contributed by atoms with Crippen molar-refractivity contribution in [2.24, 2.45) is 22.7 Å². The number of cyclic esters (lactones) is 1. The van der Waals surface area contributed by atoms with Gasteiger partial charge in [-0.25, -0.2) is 0 Å². The van der Waals surface area contributed by atoms with Crippen molar-refractivity contribution >= 4 is 11.9 Å². The molecule has 0 bridgehead atoms. The number of carboxylic acid groups (broad SMARTS) is 1. The molecular weight excluding hydrogens is 320 g/mol. The standard InChI is InChI=1S/C20H30O5/c1-11(2)17-12-6-7-14-19(3,13(12)10-16(21)25-17)9-8-15(24-5)20(14,4)18(22)23/h11,14-15,17H,6-10H2,1-5H3,(H,22,23)/t14-,15+,17-,19-,20-/m1/s1. The number of carbonyl (C=O) groups is 2. The Kier molecular flexibility index (Phi) is 4.51. The summed E-state index contributed by atoms with van der Waals surface area (Å²) in [6, 6.07) is 0. The molecule has 3 rings (SSSR count). The first-order valence-corrected chi connectivity index (χ1v) is 9.34. The fourth-order valence-corrected chi connectivity index (χ4v) is 5.80. The SMILES string of the molecule is CO[C@H]1CC[C@]2(C)C3=C(CC[C@H]2[C@@]1(C)C(=O)O)[C@@H](C(C)C)OC(=O)C3. The third-order valence-electron chi connectivity index (χ3n) is 7.14. The van der Waals surface area contributed by atoms with Crippen LogP contribution < -0.4 is 0 Å². The van der Waals surface area contributed by atoms with E-state index in [9.17, 15) is 14.7 Å². The summed E-state index contributed by atoms with van der Waals surface area (Å²) >= 11 is 0. The summed E-state index contributed by atoms with van der Waals surface area (Å²) in [5, 5.41) is 10.1. The first-order valence-electron chi connectivity index (χ1n) is 9.34. The third-order valence-corrected chi connectivity index (χ3v) is 7.14. The van der Waals surface area contributed by atoms with Gasteiger partial charge in [-0.2, -0.15) is 0 Å². The number of methoxy groups -OCH3 is 1. The lowest BCUT2D eigenvalue weighted by molar-refractivity contribution is -0.179. The quantitative estimate of drug-likeness (QED) is 0.622. The monoisotopic (exact) mass is 350 g/mol. The van der Waals surface area contributed by atoms with Gasteiger partial charge in [0.1, 0.15) is 6.10 Å². The van der Waals surface area contributed by atoms with Gasteiger partial charge in [0.05, 0.1) is 17.9 Å². The second kappa shape index (κ2) is 6.11. The van der Waals surface area contributed by atoms with E-state index in [2.05, 4.69) is 20.8 Å². The molecule has 5 nitrogen and oxygen atoms in total. The topological polar surface area (TPSA) is 72.8 Å². The molecular formula is C20H30O5. The van der Waals surface area contributed by atoms with Crippen LogP contribution in [0.5, 0.6) is 0 Å². The number of fused-ring (bicyclic) bond motifs is 2. The normalized spacial score (nSPS) is 41.2. The van der Waals surface area contributed by atoms with Gasteiger partial charge in [0.15, 0.2) is 0 Å². The molecule has 5 atom stereocenters. The summed E-state index contributed by atoms with van der Waals surface area (Å²) < 4.78 is 11.2. The van der Waals surface area contributed by atoms with E-state index in [0.717, 1.165) is 24.8 Å². The predicted octanol–water partition coefficient (Wildman–Crippen LogP) is 3.57. The minimum absolute atomic E-state index is 0.0336. The summed E-state index contributed by atoms with van der Waals surface area (Å²) in [7, 11) is 1.61. The molecule has 3 aliphatic rings. The molecule has 1 heterocycles. The van der Waals surface area contributed by atoms with Crippen molar-refractivity contribution in [2.45, 2.75) is 72.0 Å². The number of hydrogen-bond donors (Lipinski definition) is 1. The maximum absolute atomic E-state index is 12.3. The molecule has 0 radical (unpaired) electrons. The van der Waals surface area contributed by atoms with E-state index in [0.29, 0.717) is 12.8 Å². The van der Waals surface area contributed by atoms with Crippen LogP contribution >= 0.6 is 0 Å². The van der Waals surface area contributed by atoms with Crippen molar-refractivity contribution in [3.8, 4) is 0 Å². The van der Waals surface area contributed by atoms with Crippen molar-refractivity contribution in [3.63, 3.8) is 0 Å². The Labute approximate surface area is 149 Å². The largest absolute Gasteiger partial charge is 0.481 e. The molecule has 1 saturated carbocycles. The molecule has 0 amide bonds. The lowest BCUT2D eigenvalue weighted by Crippen LogP contribution is -2.58. The van der Waals surface area contributed by atoms with E-state index in [4.69, 9.17) is 9.47 Å². The van der Waals surface area contributed by atoms with Gasteiger partial charge in [0, 0.05) is 7.11 Å². The number of esters is 1. The second-order valence-electron chi connectivity index (χ2n) is 8.69. The zero-order valence-corrected chi connectivity index (χ0v) is 15.9. The van der Waals surface area contributed by atoms with Crippen molar-refractivity contribution < 1.29 is 24.2 Å². The molecule has 1 fully saturated rings. The van der Waals surface area contributed by atoms with E-state index in [1.54, 1.807) is 7.11 Å². The van der Waals surface area contributed by atoms with Gasteiger partial charge in [-0.15, -0.1) is 0 Å². The molecule has 0 spiro atoms. The molecule has 1 N–H and O–H groups in total. The molecule has 5 heteroatoms. The molecule has 140 valence electrons. The average molecular weight is 350 g/mol. The highest BCUT2D eigenvalue weighted by Gasteiger charge is 2.61. The van der Waals surface area contributed by atoms with Crippen molar-refractivity contribution in [2.75, 3.05) is 7.11 Å². The Morgan fingerprint density at radius 2 is 2.00 bits per heavy atom. The van der Waals surface area contributed by atoms with Crippen LogP contribution in [0.1, 0.15) is 59.8 Å². The summed E-state index contributed by atoms with van der Waals surface area (Å²) in [5.41, 5.74) is 1.19. The smallest absolute Gasteiger partial charge is 0.312 e. The van der Waals surface area contributed by atoms with E-state index >= 15 is 0 Å². The van der Waals surface area contributed by atoms with Crippen LogP contribution in [0.3, 0.4) is 0 Å². The van der Waals surface area contributed by atoms with Crippen LogP contribution in [0, 0.1) is 22.7 Å². The number of carbonyl (C=O) groups excluding carboxylic acids is 1. The molecule has 0 unspecified atom stereocenters. The van der Waals surface area contributed by atoms with Gasteiger partial charge < -0.3 is 14.6 Å². The van der Waals surface area contributed by atoms with Gasteiger partial charge in [0.25, 0.3) is 0 Å². The predicted molar refractivity (Wildman–Crippen MR) is 93.0 cm³/mol. The van der Waals surface area contributed by atoms with Crippen LogP contribution in [0.25, 0.3) is 0 Å². The molecule has 0 aromatic heterocycles. The van der Waals surface area contributed by atoms with Crippen molar-refractivity contribution in [1.82, 2.24) is 0 Å². The highest BCUT2D eigenvalue weighted by molar-refractivity contribution is 5.78. The Balaban J connectivity index is 2.10. The summed E-state index contributed by atoms with van der Waals surface area (Å²) in [4.78, 5) is 24.5. The molecule has 0 aromatic carbocycles. The Bertz CT molecular complexity index is 622. The van der Waals surface area contributed by atoms with Crippen LogP contribution in [0.2, 0.25) is 0 Å². The summed E-state index contributed by atoms with van der Waals surface area (Å²) in [5.74, 6) is -0.771. The average Bonchev–Trinajstić information content (AvgIpc) is 2.54. The minimum atomic E-state index is -0.936. The van der Waals surface area contributed by atoms with E-state index in [1.165, 1.54) is 5.57 Å². The number of ether oxygens (including phenoxy) is 2. The number of rotatable bonds is 3. The summed E-state index contributed by atoms with van der Waals surface area (Å²) in [6.07, 6.45) is 3.02. The molecule has 0 saturated heterocycles. The van der Waals surface area contributed by atoms with Crippen molar-refractivity contribution in [1.29, 1.82) is 0 Å². The van der Waals surface area contributed by atoms with Crippen LogP contribution in [-0.4, -0.2) is 36.4 Å². The highest BCUT2D eigenvalue weighted by Crippen LogP contribution is 2.62. The number of carboxylic acids is 1. The second-order valence-corrected chi connectivity index (χ2v) is 8.69. The van der Waals surface area contributed by atoms with Crippen LogP contribution in [-0.2, 0) is 19.1 Å². The molecule has 1 aliphatic heterocycles. The molecule has 0 aromatic rings. The zero-order chi connectivity index (χ0) is 18.6. The van der Waals surface area contributed by atoms with Crippen LogP contribution in [0.4, 0.5) is 0 Å². The van der Waals surface area contributed by atoms with E-state index in [1.807, 2.05) is 6.92 Å². The van der Waals surface area contributed by atoms with E-state index < -0.39 is 11.4 Å². The van der Waals surface area contributed by atoms with Gasteiger partial charge in [0.2, 0.25) is 0 Å². The fourth-order valence-electron chi connectivity index (χ4n) is 5.80. The lowest BCUT2D eigenvalue weighted by atomic mass is 9.48. The first-order chi connectivity index (χ1) is 11.7. The van der Waals surface area contributed by atoms with E-state index in [-0.39, 0.29) is 35.4 Å². The van der Waals surface area contributed by atoms with Gasteiger partial charge in [-0.1, -0.05) is 26.3 Å². The fraction of sp³-hybridized carbons (Fsp3) is 0.800. The van der Waals surface area contributed by atoms with Crippen LogP contribution in [0.15, 0.2) is 11.1 Å². The van der Waals surface area contributed by atoms with Crippen molar-refractivity contribution in [3.05, 3.63) is 11.1 Å². The zero-order valence-electron chi connectivity index (χ0n) is 15.9. The maximum Gasteiger partial charge on any atom is 0.312 e. The Morgan fingerprint density at radius 1 is 1.32 bits per heavy atom. The summed E-state index contributed by atoms with van der Waals surface area (Å²) in [6.45, 7) is 8.14. The molecule has 2 aliphatic carbocycles. The number of aliphatic carboxylic acids is 1. The Hall–Kier alpha value is -1.36. The third kappa shape index (κ3) is 2.54. The number of hydrogen-bond acceptors (Lipinski definition) is 4. The van der Waals surface area contributed by atoms with Gasteiger partial charge in [-0.05, 0) is 55.4 Å².